The topological polar surface area (TPSA) is 35.2 Å². The van der Waals surface area contributed by atoms with Gasteiger partial charge in [-0.1, -0.05) is 13.0 Å². The molecule has 0 radical (unpaired) electrons. The summed E-state index contributed by atoms with van der Waals surface area (Å²) >= 11 is 0. The zero-order valence-electron chi connectivity index (χ0n) is 9.55. The molecule has 2 heteroatoms. The lowest BCUT2D eigenvalue weighted by Gasteiger charge is -2.35. The summed E-state index contributed by atoms with van der Waals surface area (Å²) in [5, 5.41) is 0. The van der Waals surface area contributed by atoms with Crippen molar-refractivity contribution in [1.29, 1.82) is 0 Å². The van der Waals surface area contributed by atoms with Gasteiger partial charge in [0.05, 0.1) is 7.11 Å². The molecule has 1 aromatic rings. The molecule has 0 aromatic heterocycles. The van der Waals surface area contributed by atoms with Crippen molar-refractivity contribution in [2.45, 2.75) is 38.1 Å². The van der Waals surface area contributed by atoms with Crippen molar-refractivity contribution in [2.75, 3.05) is 7.11 Å². The zero-order valence-corrected chi connectivity index (χ0v) is 9.55. The van der Waals surface area contributed by atoms with Crippen LogP contribution in [0.2, 0.25) is 0 Å². The largest absolute Gasteiger partial charge is 0.497 e. The number of fused-ring (bicyclic) bond motifs is 1. The fraction of sp³-hybridized carbons (Fsp3) is 0.538. The second kappa shape index (κ2) is 3.86. The van der Waals surface area contributed by atoms with Crippen molar-refractivity contribution >= 4 is 0 Å². The highest BCUT2D eigenvalue weighted by Crippen LogP contribution is 2.37. The first-order valence-corrected chi connectivity index (χ1v) is 5.66. The van der Waals surface area contributed by atoms with Crippen LogP contribution in [0.1, 0.15) is 37.3 Å². The van der Waals surface area contributed by atoms with E-state index in [0.717, 1.165) is 25.0 Å². The Morgan fingerprint density at radius 2 is 2.27 bits per heavy atom. The molecule has 2 N–H and O–H groups in total. The predicted molar refractivity (Wildman–Crippen MR) is 62.1 cm³/mol. The highest BCUT2D eigenvalue weighted by Gasteiger charge is 2.30. The van der Waals surface area contributed by atoms with Crippen LogP contribution in [0.3, 0.4) is 0 Å². The summed E-state index contributed by atoms with van der Waals surface area (Å²) in [5.74, 6) is 0.916. The fourth-order valence-corrected chi connectivity index (χ4v) is 2.46. The van der Waals surface area contributed by atoms with E-state index >= 15 is 0 Å². The maximum Gasteiger partial charge on any atom is 0.119 e. The van der Waals surface area contributed by atoms with Crippen molar-refractivity contribution in [1.82, 2.24) is 0 Å². The summed E-state index contributed by atoms with van der Waals surface area (Å²) in [6.07, 6.45) is 4.43. The molecule has 15 heavy (non-hydrogen) atoms. The van der Waals surface area contributed by atoms with Crippen LogP contribution < -0.4 is 10.5 Å². The van der Waals surface area contributed by atoms with Gasteiger partial charge in [0.15, 0.2) is 0 Å². The Morgan fingerprint density at radius 1 is 1.47 bits per heavy atom. The third-order valence-corrected chi connectivity index (χ3v) is 3.55. The van der Waals surface area contributed by atoms with E-state index in [1.165, 1.54) is 17.5 Å². The van der Waals surface area contributed by atoms with Gasteiger partial charge in [-0.05, 0) is 48.9 Å². The van der Waals surface area contributed by atoms with Crippen LogP contribution >= 0.6 is 0 Å². The van der Waals surface area contributed by atoms with Gasteiger partial charge in [-0.15, -0.1) is 0 Å². The van der Waals surface area contributed by atoms with Crippen LogP contribution in [0.15, 0.2) is 18.2 Å². The summed E-state index contributed by atoms with van der Waals surface area (Å²) in [7, 11) is 1.70. The maximum atomic E-state index is 6.44. The monoisotopic (exact) mass is 205 g/mol. The predicted octanol–water partition coefficient (Wildman–Crippen LogP) is 2.60. The first-order chi connectivity index (χ1) is 7.19. The first-order valence-electron chi connectivity index (χ1n) is 5.66. The van der Waals surface area contributed by atoms with Crippen molar-refractivity contribution in [3.63, 3.8) is 0 Å². The number of hydrogen-bond donors (Lipinski definition) is 1. The molecule has 0 amide bonds. The number of benzene rings is 1. The quantitative estimate of drug-likeness (QED) is 0.805. The van der Waals surface area contributed by atoms with Crippen LogP contribution in [0.25, 0.3) is 0 Å². The van der Waals surface area contributed by atoms with Crippen molar-refractivity contribution in [3.8, 4) is 5.75 Å². The number of nitrogens with two attached hydrogens (primary N) is 1. The van der Waals surface area contributed by atoms with Gasteiger partial charge in [0.2, 0.25) is 0 Å². The minimum Gasteiger partial charge on any atom is -0.497 e. The van der Waals surface area contributed by atoms with E-state index in [9.17, 15) is 0 Å². The van der Waals surface area contributed by atoms with E-state index in [-0.39, 0.29) is 5.54 Å². The lowest BCUT2D eigenvalue weighted by Crippen LogP contribution is -2.39. The average molecular weight is 205 g/mol. The smallest absolute Gasteiger partial charge is 0.119 e. The number of hydrogen-bond acceptors (Lipinski definition) is 2. The van der Waals surface area contributed by atoms with Crippen LogP contribution in [0.5, 0.6) is 5.75 Å². The molecular weight excluding hydrogens is 186 g/mol. The summed E-state index contributed by atoms with van der Waals surface area (Å²) in [6, 6.07) is 6.29. The van der Waals surface area contributed by atoms with Gasteiger partial charge < -0.3 is 10.5 Å². The van der Waals surface area contributed by atoms with Crippen LogP contribution in [0.4, 0.5) is 0 Å². The molecule has 2 nitrogen and oxygen atoms in total. The van der Waals surface area contributed by atoms with Gasteiger partial charge in [-0.25, -0.2) is 0 Å². The zero-order chi connectivity index (χ0) is 10.9. The highest BCUT2D eigenvalue weighted by molar-refractivity contribution is 5.41. The SMILES string of the molecule is CCC1(N)CCCc2ccc(OC)cc21. The molecule has 82 valence electrons. The standard InChI is InChI=1S/C13H19NO/c1-3-13(14)8-4-5-10-6-7-11(15-2)9-12(10)13/h6-7,9H,3-5,8,14H2,1-2H3. The Balaban J connectivity index is 2.48. The number of methoxy groups -OCH3 is 1. The van der Waals surface area contributed by atoms with Crippen LogP contribution in [-0.2, 0) is 12.0 Å². The summed E-state index contributed by atoms with van der Waals surface area (Å²) in [5.41, 5.74) is 8.98. The van der Waals surface area contributed by atoms with Gasteiger partial charge >= 0.3 is 0 Å². The van der Waals surface area contributed by atoms with Gasteiger partial charge in [-0.3, -0.25) is 0 Å². The van der Waals surface area contributed by atoms with Crippen molar-refractivity contribution in [3.05, 3.63) is 29.3 Å². The molecule has 0 saturated heterocycles. The Labute approximate surface area is 91.4 Å². The number of rotatable bonds is 2. The minimum absolute atomic E-state index is 0.137. The molecule has 0 bridgehead atoms. The lowest BCUT2D eigenvalue weighted by molar-refractivity contribution is 0.354. The van der Waals surface area contributed by atoms with Gasteiger partial charge in [0.25, 0.3) is 0 Å². The molecule has 0 saturated carbocycles. The molecule has 0 spiro atoms. The molecule has 1 unspecified atom stereocenters. The maximum absolute atomic E-state index is 6.44. The normalized spacial score (nSPS) is 24.7. The van der Waals surface area contributed by atoms with Gasteiger partial charge in [-0.2, -0.15) is 0 Å². The molecule has 0 fully saturated rings. The Bertz CT molecular complexity index is 362. The molecule has 1 aliphatic carbocycles. The molecule has 0 aliphatic heterocycles. The second-order valence-electron chi connectivity index (χ2n) is 4.39. The van der Waals surface area contributed by atoms with Gasteiger partial charge in [0.1, 0.15) is 5.75 Å². The van der Waals surface area contributed by atoms with Crippen LogP contribution in [0, 0.1) is 0 Å². The fourth-order valence-electron chi connectivity index (χ4n) is 2.46. The van der Waals surface area contributed by atoms with Crippen molar-refractivity contribution < 1.29 is 4.74 Å². The molecule has 2 rings (SSSR count). The Morgan fingerprint density at radius 3 is 2.93 bits per heavy atom. The van der Waals surface area contributed by atoms with E-state index in [1.54, 1.807) is 7.11 Å². The molecular formula is C13H19NO. The Hall–Kier alpha value is -1.02. The number of aryl methyl sites for hydroxylation is 1. The van der Waals surface area contributed by atoms with E-state index in [1.807, 2.05) is 6.07 Å². The van der Waals surface area contributed by atoms with E-state index in [2.05, 4.69) is 19.1 Å². The van der Waals surface area contributed by atoms with Crippen LogP contribution in [-0.4, -0.2) is 7.11 Å². The molecule has 1 atom stereocenters. The van der Waals surface area contributed by atoms with E-state index < -0.39 is 0 Å². The second-order valence-corrected chi connectivity index (χ2v) is 4.39. The third kappa shape index (κ3) is 1.74. The third-order valence-electron chi connectivity index (χ3n) is 3.55. The average Bonchev–Trinajstić information content (AvgIpc) is 2.29. The molecule has 0 heterocycles. The molecule has 1 aliphatic rings. The minimum atomic E-state index is -0.137. The first kappa shape index (κ1) is 10.5. The summed E-state index contributed by atoms with van der Waals surface area (Å²) < 4.78 is 5.26. The van der Waals surface area contributed by atoms with E-state index in [0.29, 0.717) is 0 Å². The van der Waals surface area contributed by atoms with Gasteiger partial charge in [0, 0.05) is 5.54 Å². The lowest BCUT2D eigenvalue weighted by atomic mass is 9.75. The van der Waals surface area contributed by atoms with E-state index in [4.69, 9.17) is 10.5 Å². The van der Waals surface area contributed by atoms with Crippen molar-refractivity contribution in [2.24, 2.45) is 5.73 Å². The molecule has 1 aromatic carbocycles. The Kier molecular flexibility index (Phi) is 2.70. The summed E-state index contributed by atoms with van der Waals surface area (Å²) in [6.45, 7) is 2.16. The summed E-state index contributed by atoms with van der Waals surface area (Å²) in [4.78, 5) is 0. The highest BCUT2D eigenvalue weighted by atomic mass is 16.5. The number of ether oxygens (including phenoxy) is 1.